The van der Waals surface area contributed by atoms with Gasteiger partial charge in [0.25, 0.3) is 5.91 Å². The van der Waals surface area contributed by atoms with E-state index in [4.69, 9.17) is 9.47 Å². The summed E-state index contributed by atoms with van der Waals surface area (Å²) >= 11 is 4.80. The minimum atomic E-state index is -3.68. The topological polar surface area (TPSA) is 101 Å². The van der Waals surface area contributed by atoms with Crippen LogP contribution in [0, 0.1) is 0 Å². The zero-order valence-corrected chi connectivity index (χ0v) is 24.2. The van der Waals surface area contributed by atoms with Crippen molar-refractivity contribution in [2.24, 2.45) is 5.10 Å². The lowest BCUT2D eigenvalue weighted by molar-refractivity contribution is 0.0730. The number of fused-ring (bicyclic) bond motifs is 1. The van der Waals surface area contributed by atoms with Crippen LogP contribution in [0.15, 0.2) is 81.2 Å². The molecule has 1 aliphatic rings. The van der Waals surface area contributed by atoms with E-state index in [0.717, 1.165) is 26.0 Å². The Morgan fingerprint density at radius 3 is 2.54 bits per heavy atom. The molecule has 9 nitrogen and oxygen atoms in total. The van der Waals surface area contributed by atoms with Gasteiger partial charge < -0.3 is 9.47 Å². The first-order valence-electron chi connectivity index (χ1n) is 12.2. The molecular weight excluding hydrogens is 604 g/mol. The quantitative estimate of drug-likeness (QED) is 0.197. The Balaban J connectivity index is 1.46. The normalized spacial score (nSPS) is 14.6. The molecule has 0 spiro atoms. The predicted octanol–water partition coefficient (Wildman–Crippen LogP) is 5.16. The van der Waals surface area contributed by atoms with E-state index in [-0.39, 0.29) is 10.5 Å². The second-order valence-electron chi connectivity index (χ2n) is 8.51. The number of morpholine rings is 1. The van der Waals surface area contributed by atoms with Crippen LogP contribution in [0.4, 0.5) is 5.13 Å². The summed E-state index contributed by atoms with van der Waals surface area (Å²) in [6.07, 6.45) is 1.58. The molecule has 0 aliphatic carbocycles. The lowest BCUT2D eigenvalue weighted by atomic mass is 10.2. The number of hydrazone groups is 1. The summed E-state index contributed by atoms with van der Waals surface area (Å²) in [6.45, 7) is 3.79. The van der Waals surface area contributed by atoms with Gasteiger partial charge in [-0.1, -0.05) is 27.3 Å². The Labute approximate surface area is 238 Å². The number of amides is 1. The fourth-order valence-electron chi connectivity index (χ4n) is 3.93. The van der Waals surface area contributed by atoms with Gasteiger partial charge in [0, 0.05) is 23.1 Å². The Morgan fingerprint density at radius 1 is 1.13 bits per heavy atom. The molecule has 1 saturated heterocycles. The number of rotatable bonds is 8. The Bertz CT molecular complexity index is 1600. The van der Waals surface area contributed by atoms with E-state index in [1.54, 1.807) is 6.21 Å². The van der Waals surface area contributed by atoms with E-state index < -0.39 is 15.9 Å². The summed E-state index contributed by atoms with van der Waals surface area (Å²) in [6, 6.07) is 18.9. The zero-order chi connectivity index (χ0) is 27.4. The van der Waals surface area contributed by atoms with Crippen LogP contribution in [0.2, 0.25) is 0 Å². The van der Waals surface area contributed by atoms with Crippen molar-refractivity contribution in [1.29, 1.82) is 0 Å². The molecule has 4 aromatic rings. The number of thiazole rings is 1. The highest BCUT2D eigenvalue weighted by molar-refractivity contribution is 9.10. The number of carbonyl (C=O) groups excluding carboxylic acids is 1. The van der Waals surface area contributed by atoms with Gasteiger partial charge in [-0.05, 0) is 79.2 Å². The number of benzene rings is 3. The number of nitrogens with zero attached hydrogens (tertiary/aromatic N) is 4. The third kappa shape index (κ3) is 6.20. The van der Waals surface area contributed by atoms with E-state index >= 15 is 0 Å². The summed E-state index contributed by atoms with van der Waals surface area (Å²) in [5, 5.41) is 6.12. The molecule has 0 bridgehead atoms. The van der Waals surface area contributed by atoms with Gasteiger partial charge in [0.05, 0.1) is 41.1 Å². The summed E-state index contributed by atoms with van der Waals surface area (Å²) < 4.78 is 40.0. The first kappa shape index (κ1) is 27.4. The van der Waals surface area contributed by atoms with Crippen LogP contribution in [0.5, 0.6) is 5.75 Å². The molecule has 1 fully saturated rings. The highest BCUT2D eigenvalue weighted by Crippen LogP contribution is 2.32. The molecule has 12 heteroatoms. The first-order valence-corrected chi connectivity index (χ1v) is 15.3. The number of aromatic nitrogens is 1. The van der Waals surface area contributed by atoms with Crippen molar-refractivity contribution in [1.82, 2.24) is 9.29 Å². The van der Waals surface area contributed by atoms with Gasteiger partial charge in [-0.15, -0.1) is 0 Å². The average Bonchev–Trinajstić information content (AvgIpc) is 3.37. The molecule has 3 aromatic carbocycles. The van der Waals surface area contributed by atoms with E-state index in [1.165, 1.54) is 44.9 Å². The van der Waals surface area contributed by atoms with Gasteiger partial charge in [0.2, 0.25) is 15.2 Å². The fraction of sp³-hybridized carbons (Fsp3) is 0.222. The van der Waals surface area contributed by atoms with Gasteiger partial charge in [0.15, 0.2) is 0 Å². The molecule has 39 heavy (non-hydrogen) atoms. The van der Waals surface area contributed by atoms with Crippen LogP contribution in [-0.2, 0) is 14.8 Å². The summed E-state index contributed by atoms with van der Waals surface area (Å²) in [4.78, 5) is 18.4. The summed E-state index contributed by atoms with van der Waals surface area (Å²) in [5.41, 5.74) is 1.78. The van der Waals surface area contributed by atoms with Crippen molar-refractivity contribution in [3.05, 3.63) is 82.3 Å². The van der Waals surface area contributed by atoms with Crippen molar-refractivity contribution >= 4 is 64.8 Å². The maximum absolute atomic E-state index is 13.7. The minimum Gasteiger partial charge on any atom is -0.494 e. The predicted molar refractivity (Wildman–Crippen MR) is 155 cm³/mol. The number of halogens is 1. The summed E-state index contributed by atoms with van der Waals surface area (Å²) in [5.74, 6) is 0.303. The average molecular weight is 630 g/mol. The molecular formula is C27H25BrN4O5S2. The number of hydrogen-bond donors (Lipinski definition) is 0. The fourth-order valence-corrected chi connectivity index (χ4v) is 6.82. The Kier molecular flexibility index (Phi) is 8.38. The molecule has 1 aliphatic heterocycles. The maximum atomic E-state index is 13.7. The first-order chi connectivity index (χ1) is 18.8. The number of sulfonamides is 1. The largest absolute Gasteiger partial charge is 0.494 e. The van der Waals surface area contributed by atoms with Crippen LogP contribution < -0.4 is 9.75 Å². The summed E-state index contributed by atoms with van der Waals surface area (Å²) in [7, 11) is -3.68. The Hall–Kier alpha value is -3.16. The maximum Gasteiger partial charge on any atom is 0.280 e. The van der Waals surface area contributed by atoms with Crippen LogP contribution in [0.1, 0.15) is 22.8 Å². The highest BCUT2D eigenvalue weighted by atomic mass is 79.9. The van der Waals surface area contributed by atoms with E-state index in [9.17, 15) is 13.2 Å². The van der Waals surface area contributed by atoms with Crippen LogP contribution >= 0.6 is 27.3 Å². The smallest absolute Gasteiger partial charge is 0.280 e. The third-order valence-corrected chi connectivity index (χ3v) is 9.34. The molecule has 0 saturated carbocycles. The SMILES string of the molecule is CCOc1ccc(/C=N/N(C(=O)c2ccc(S(=O)(=O)N3CCOCC3)cc2)c2nc3ccc(Br)cc3s2)cc1. The van der Waals surface area contributed by atoms with Crippen molar-refractivity contribution in [2.75, 3.05) is 37.9 Å². The van der Waals surface area contributed by atoms with Gasteiger partial charge in [-0.25, -0.2) is 13.4 Å². The number of hydrogen-bond acceptors (Lipinski definition) is 8. The van der Waals surface area contributed by atoms with Gasteiger partial charge in [0.1, 0.15) is 5.75 Å². The molecule has 0 atom stereocenters. The Morgan fingerprint density at radius 2 is 1.85 bits per heavy atom. The minimum absolute atomic E-state index is 0.121. The van der Waals surface area contributed by atoms with E-state index in [2.05, 4.69) is 26.0 Å². The third-order valence-electron chi connectivity index (χ3n) is 5.94. The zero-order valence-electron chi connectivity index (χ0n) is 21.0. The van der Waals surface area contributed by atoms with E-state index in [1.807, 2.05) is 49.4 Å². The molecule has 202 valence electrons. The number of anilines is 1. The van der Waals surface area contributed by atoms with Crippen LogP contribution in [-0.4, -0.2) is 62.7 Å². The molecule has 2 heterocycles. The van der Waals surface area contributed by atoms with E-state index in [0.29, 0.717) is 38.0 Å². The van der Waals surface area contributed by atoms with Gasteiger partial charge in [-0.3, -0.25) is 4.79 Å². The molecule has 0 N–H and O–H groups in total. The van der Waals surface area contributed by atoms with Crippen molar-refractivity contribution in [3.8, 4) is 5.75 Å². The number of carbonyl (C=O) groups is 1. The lowest BCUT2D eigenvalue weighted by Crippen LogP contribution is -2.40. The molecule has 0 unspecified atom stereocenters. The van der Waals surface area contributed by atoms with Crippen molar-refractivity contribution in [3.63, 3.8) is 0 Å². The van der Waals surface area contributed by atoms with Crippen molar-refractivity contribution < 1.29 is 22.7 Å². The molecule has 5 rings (SSSR count). The number of ether oxygens (including phenoxy) is 2. The lowest BCUT2D eigenvalue weighted by Gasteiger charge is -2.26. The molecule has 1 aromatic heterocycles. The van der Waals surface area contributed by atoms with Crippen LogP contribution in [0.3, 0.4) is 0 Å². The standard InChI is InChI=1S/C27H25BrN4O5S2/c1-2-37-22-8-3-19(4-9-22)18-29-32(27-30-24-12-7-21(28)17-25(24)38-27)26(33)20-5-10-23(11-6-20)39(34,35)31-13-15-36-16-14-31/h3-12,17-18H,2,13-16H2,1H3/b29-18+. The van der Waals surface area contributed by atoms with Crippen LogP contribution in [0.25, 0.3) is 10.2 Å². The second kappa shape index (κ2) is 11.9. The van der Waals surface area contributed by atoms with Crippen molar-refractivity contribution in [2.45, 2.75) is 11.8 Å². The molecule has 0 radical (unpaired) electrons. The van der Waals surface area contributed by atoms with Gasteiger partial charge in [-0.2, -0.15) is 14.4 Å². The van der Waals surface area contributed by atoms with Gasteiger partial charge >= 0.3 is 0 Å². The molecule has 1 amide bonds. The highest BCUT2D eigenvalue weighted by Gasteiger charge is 2.27. The second-order valence-corrected chi connectivity index (χ2v) is 12.4. The monoisotopic (exact) mass is 628 g/mol.